The van der Waals surface area contributed by atoms with Crippen molar-refractivity contribution in [1.29, 1.82) is 0 Å². The van der Waals surface area contributed by atoms with E-state index in [0.717, 1.165) is 5.56 Å². The molecule has 6 heteroatoms. The number of hydrogen-bond acceptors (Lipinski definition) is 2. The summed E-state index contributed by atoms with van der Waals surface area (Å²) in [5, 5.41) is 3.24. The molecule has 1 atom stereocenters. The van der Waals surface area contributed by atoms with Crippen molar-refractivity contribution in [3.05, 3.63) is 58.9 Å². The van der Waals surface area contributed by atoms with Crippen LogP contribution in [0.3, 0.4) is 0 Å². The molecule has 1 aliphatic heterocycles. The van der Waals surface area contributed by atoms with Crippen LogP contribution in [-0.2, 0) is 9.59 Å². The molecule has 0 unspecified atom stereocenters. The van der Waals surface area contributed by atoms with E-state index in [1.54, 1.807) is 11.0 Å². The molecule has 2 aromatic carbocycles. The number of amides is 2. The predicted octanol–water partition coefficient (Wildman–Crippen LogP) is 3.78. The van der Waals surface area contributed by atoms with Gasteiger partial charge >= 0.3 is 0 Å². The van der Waals surface area contributed by atoms with Crippen LogP contribution in [0.15, 0.2) is 42.5 Å². The molecule has 0 bridgehead atoms. The summed E-state index contributed by atoms with van der Waals surface area (Å²) in [6.07, 6.45) is 0.428. The van der Waals surface area contributed by atoms with E-state index in [2.05, 4.69) is 5.32 Å². The summed E-state index contributed by atoms with van der Waals surface area (Å²) in [5.41, 5.74) is 2.08. The lowest BCUT2D eigenvalue weighted by Gasteiger charge is -2.17. The third-order valence-corrected chi connectivity index (χ3v) is 4.51. The van der Waals surface area contributed by atoms with Crippen molar-refractivity contribution in [3.63, 3.8) is 0 Å². The third kappa shape index (κ3) is 3.26. The average Bonchev–Trinajstić information content (AvgIpc) is 2.94. The van der Waals surface area contributed by atoms with Gasteiger partial charge in [0.2, 0.25) is 11.8 Å². The number of benzene rings is 2. The Morgan fingerprint density at radius 2 is 1.96 bits per heavy atom. The number of aryl methyl sites for hydroxylation is 1. The largest absolute Gasteiger partial charge is 0.325 e. The molecule has 1 saturated heterocycles. The van der Waals surface area contributed by atoms with E-state index in [0.29, 0.717) is 29.4 Å². The average molecular weight is 347 g/mol. The van der Waals surface area contributed by atoms with Gasteiger partial charge in [0.15, 0.2) is 0 Å². The van der Waals surface area contributed by atoms with Crippen molar-refractivity contribution >= 4 is 34.8 Å². The molecule has 4 nitrogen and oxygen atoms in total. The SMILES string of the molecule is Cc1ccc(N2CC[C@H](C(=O)Nc3ccc(F)cc3)C2=O)cc1Cl. The van der Waals surface area contributed by atoms with E-state index in [4.69, 9.17) is 11.6 Å². The number of anilines is 2. The standard InChI is InChI=1S/C18H16ClFN2O2/c1-11-2-7-14(10-16(11)19)22-9-8-15(18(22)24)17(23)21-13-5-3-12(20)4-6-13/h2-7,10,15H,8-9H2,1H3,(H,21,23)/t15-/m1/s1. The van der Waals surface area contributed by atoms with Gasteiger partial charge in [0.05, 0.1) is 0 Å². The minimum atomic E-state index is -0.755. The van der Waals surface area contributed by atoms with Crippen LogP contribution in [-0.4, -0.2) is 18.4 Å². The molecule has 1 aliphatic rings. The zero-order valence-corrected chi connectivity index (χ0v) is 13.8. The van der Waals surface area contributed by atoms with Crippen molar-refractivity contribution < 1.29 is 14.0 Å². The Bertz CT molecular complexity index is 792. The molecule has 1 N–H and O–H groups in total. The molecule has 1 heterocycles. The van der Waals surface area contributed by atoms with Gasteiger partial charge in [0.25, 0.3) is 0 Å². The second kappa shape index (κ2) is 6.61. The second-order valence-electron chi connectivity index (χ2n) is 5.76. The fraction of sp³-hybridized carbons (Fsp3) is 0.222. The maximum absolute atomic E-state index is 12.9. The lowest BCUT2D eigenvalue weighted by atomic mass is 10.1. The number of hydrogen-bond donors (Lipinski definition) is 1. The minimum absolute atomic E-state index is 0.255. The van der Waals surface area contributed by atoms with Gasteiger partial charge in [-0.05, 0) is 55.3 Å². The Morgan fingerprint density at radius 3 is 2.62 bits per heavy atom. The highest BCUT2D eigenvalue weighted by atomic mass is 35.5. The lowest BCUT2D eigenvalue weighted by molar-refractivity contribution is -0.129. The van der Waals surface area contributed by atoms with Gasteiger partial charge in [0.1, 0.15) is 11.7 Å². The first kappa shape index (κ1) is 16.5. The monoisotopic (exact) mass is 346 g/mol. The summed E-state index contributed by atoms with van der Waals surface area (Å²) < 4.78 is 12.9. The lowest BCUT2D eigenvalue weighted by Crippen LogP contribution is -2.33. The van der Waals surface area contributed by atoms with Gasteiger partial charge in [-0.2, -0.15) is 0 Å². The van der Waals surface area contributed by atoms with Crippen LogP contribution < -0.4 is 10.2 Å². The van der Waals surface area contributed by atoms with Crippen molar-refractivity contribution in [2.75, 3.05) is 16.8 Å². The Hall–Kier alpha value is -2.40. The molecule has 0 spiro atoms. The van der Waals surface area contributed by atoms with Crippen LogP contribution in [0.2, 0.25) is 5.02 Å². The van der Waals surface area contributed by atoms with Gasteiger partial charge in [-0.3, -0.25) is 9.59 Å². The predicted molar refractivity (Wildman–Crippen MR) is 91.7 cm³/mol. The smallest absolute Gasteiger partial charge is 0.239 e. The van der Waals surface area contributed by atoms with E-state index >= 15 is 0 Å². The van der Waals surface area contributed by atoms with Gasteiger partial charge in [0, 0.05) is 22.9 Å². The van der Waals surface area contributed by atoms with Gasteiger partial charge < -0.3 is 10.2 Å². The Labute approximate surface area is 144 Å². The first-order chi connectivity index (χ1) is 11.5. The molecule has 2 aromatic rings. The topological polar surface area (TPSA) is 49.4 Å². The normalized spacial score (nSPS) is 17.2. The van der Waals surface area contributed by atoms with Crippen molar-refractivity contribution in [2.45, 2.75) is 13.3 Å². The fourth-order valence-electron chi connectivity index (χ4n) is 2.69. The molecular weight excluding hydrogens is 331 g/mol. The highest BCUT2D eigenvalue weighted by molar-refractivity contribution is 6.31. The summed E-state index contributed by atoms with van der Waals surface area (Å²) in [6, 6.07) is 10.8. The molecule has 0 aromatic heterocycles. The Balaban J connectivity index is 1.72. The van der Waals surface area contributed by atoms with Gasteiger partial charge in [-0.25, -0.2) is 4.39 Å². The van der Waals surface area contributed by atoms with Crippen LogP contribution >= 0.6 is 11.6 Å². The third-order valence-electron chi connectivity index (χ3n) is 4.10. The fourth-order valence-corrected chi connectivity index (χ4v) is 2.87. The number of nitrogens with one attached hydrogen (secondary N) is 1. The van der Waals surface area contributed by atoms with E-state index < -0.39 is 5.92 Å². The molecular formula is C18H16ClFN2O2. The van der Waals surface area contributed by atoms with Crippen LogP contribution in [0.1, 0.15) is 12.0 Å². The first-order valence-corrected chi connectivity index (χ1v) is 7.97. The van der Waals surface area contributed by atoms with Crippen molar-refractivity contribution in [1.82, 2.24) is 0 Å². The number of halogens is 2. The zero-order valence-electron chi connectivity index (χ0n) is 13.1. The molecule has 24 heavy (non-hydrogen) atoms. The summed E-state index contributed by atoms with van der Waals surface area (Å²) in [6.45, 7) is 2.34. The van der Waals surface area contributed by atoms with E-state index in [-0.39, 0.29) is 17.6 Å². The quantitative estimate of drug-likeness (QED) is 0.860. The maximum atomic E-state index is 12.9. The van der Waals surface area contributed by atoms with Crippen molar-refractivity contribution in [2.24, 2.45) is 5.92 Å². The van der Waals surface area contributed by atoms with E-state index in [1.807, 2.05) is 19.1 Å². The Morgan fingerprint density at radius 1 is 1.25 bits per heavy atom. The summed E-state index contributed by atoms with van der Waals surface area (Å²) in [5.74, 6) is -1.77. The maximum Gasteiger partial charge on any atom is 0.239 e. The summed E-state index contributed by atoms with van der Waals surface area (Å²) in [7, 11) is 0. The number of rotatable bonds is 3. The number of nitrogens with zero attached hydrogens (tertiary/aromatic N) is 1. The van der Waals surface area contributed by atoms with Crippen LogP contribution in [0.25, 0.3) is 0 Å². The number of carbonyl (C=O) groups is 2. The highest BCUT2D eigenvalue weighted by Crippen LogP contribution is 2.29. The van der Waals surface area contributed by atoms with Crippen molar-refractivity contribution in [3.8, 4) is 0 Å². The summed E-state index contributed by atoms with van der Waals surface area (Å²) in [4.78, 5) is 26.4. The van der Waals surface area contributed by atoms with Gasteiger partial charge in [-0.1, -0.05) is 17.7 Å². The zero-order chi connectivity index (χ0) is 17.3. The van der Waals surface area contributed by atoms with Crippen LogP contribution in [0.5, 0.6) is 0 Å². The molecule has 0 aliphatic carbocycles. The molecule has 0 radical (unpaired) electrons. The number of carbonyl (C=O) groups excluding carboxylic acids is 2. The first-order valence-electron chi connectivity index (χ1n) is 7.59. The summed E-state index contributed by atoms with van der Waals surface area (Å²) >= 11 is 6.11. The van der Waals surface area contributed by atoms with E-state index in [1.165, 1.54) is 24.3 Å². The molecule has 124 valence electrons. The van der Waals surface area contributed by atoms with Crippen LogP contribution in [0.4, 0.5) is 15.8 Å². The highest BCUT2D eigenvalue weighted by Gasteiger charge is 2.37. The molecule has 0 saturated carbocycles. The Kier molecular flexibility index (Phi) is 4.53. The molecule has 2 amide bonds. The van der Waals surface area contributed by atoms with E-state index in [9.17, 15) is 14.0 Å². The molecule has 3 rings (SSSR count). The van der Waals surface area contributed by atoms with Gasteiger partial charge in [-0.15, -0.1) is 0 Å². The molecule has 1 fully saturated rings. The minimum Gasteiger partial charge on any atom is -0.325 e. The van der Waals surface area contributed by atoms with Crippen LogP contribution in [0, 0.1) is 18.7 Å². The second-order valence-corrected chi connectivity index (χ2v) is 6.17.